The third-order valence-corrected chi connectivity index (χ3v) is 3.66. The van der Waals surface area contributed by atoms with E-state index in [-0.39, 0.29) is 0 Å². The Morgan fingerprint density at radius 1 is 1.04 bits per heavy atom. The molecule has 2 amide bonds. The third-order valence-electron chi connectivity index (χ3n) is 3.66. The minimum Gasteiger partial charge on any atom is -0.391 e. The minimum absolute atomic E-state index is 0.300. The molecular weight excluding hydrogens is 322 g/mol. The Morgan fingerprint density at radius 3 is 2.00 bits per heavy atom. The number of amides is 2. The van der Waals surface area contributed by atoms with Crippen LogP contribution in [-0.4, -0.2) is 34.3 Å². The van der Waals surface area contributed by atoms with E-state index < -0.39 is 24.0 Å². The van der Waals surface area contributed by atoms with E-state index >= 15 is 0 Å². The second kappa shape index (κ2) is 8.06. The van der Waals surface area contributed by atoms with E-state index in [9.17, 15) is 14.7 Å². The number of hydrogen-bond donors (Lipinski definition) is 4. The van der Waals surface area contributed by atoms with Gasteiger partial charge in [-0.05, 0) is 42.3 Å². The Bertz CT molecular complexity index is 793. The van der Waals surface area contributed by atoms with Crippen LogP contribution in [0.25, 0.3) is 11.1 Å². The summed E-state index contributed by atoms with van der Waals surface area (Å²) in [4.78, 5) is 23.6. The number of nitrogens with one attached hydrogen (secondary N) is 2. The second-order valence-electron chi connectivity index (χ2n) is 5.43. The van der Waals surface area contributed by atoms with Crippen molar-refractivity contribution in [2.45, 2.75) is 19.1 Å². The summed E-state index contributed by atoms with van der Waals surface area (Å²) < 4.78 is 0. The fourth-order valence-electron chi connectivity index (χ4n) is 2.25. The largest absolute Gasteiger partial charge is 0.391 e. The van der Waals surface area contributed by atoms with Crippen molar-refractivity contribution in [2.75, 3.05) is 0 Å². The Balaban J connectivity index is 2.14. The third kappa shape index (κ3) is 4.41. The molecule has 0 saturated heterocycles. The van der Waals surface area contributed by atoms with Crippen LogP contribution >= 0.6 is 0 Å². The van der Waals surface area contributed by atoms with Crippen molar-refractivity contribution >= 4 is 11.8 Å². The highest BCUT2D eigenvalue weighted by Gasteiger charge is 2.25. The smallest absolute Gasteiger partial charge is 0.268 e. The number of aliphatic hydroxyl groups is 1. The van der Waals surface area contributed by atoms with Crippen LogP contribution in [0.5, 0.6) is 0 Å². The Kier molecular flexibility index (Phi) is 5.84. The first kappa shape index (κ1) is 18.1. The van der Waals surface area contributed by atoms with Crippen LogP contribution in [0.3, 0.4) is 0 Å². The van der Waals surface area contributed by atoms with Gasteiger partial charge in [0.15, 0.2) is 0 Å². The summed E-state index contributed by atoms with van der Waals surface area (Å²) in [5.74, 6) is -1.46. The molecule has 2 aromatic rings. The van der Waals surface area contributed by atoms with Crippen molar-refractivity contribution in [2.24, 2.45) is 0 Å². The first-order chi connectivity index (χ1) is 12.0. The van der Waals surface area contributed by atoms with Crippen molar-refractivity contribution in [3.8, 4) is 17.2 Å². The van der Waals surface area contributed by atoms with Crippen LogP contribution in [0, 0.1) is 11.3 Å². The lowest BCUT2D eigenvalue weighted by molar-refractivity contribution is -0.133. The molecule has 2 rings (SSSR count). The van der Waals surface area contributed by atoms with Gasteiger partial charge in [-0.3, -0.25) is 14.8 Å². The summed E-state index contributed by atoms with van der Waals surface area (Å²) >= 11 is 0. The average molecular weight is 339 g/mol. The van der Waals surface area contributed by atoms with Gasteiger partial charge in [0.25, 0.3) is 11.8 Å². The topological polar surface area (TPSA) is 122 Å². The zero-order valence-corrected chi connectivity index (χ0v) is 13.4. The standard InChI is InChI=1S/C18H17N3O4/c1-11(22)16(18(24)21-25)20-17(23)15-8-6-14(7-9-15)13-4-2-12(10-19)3-5-13/h2-9,11,16,22,25H,1H3,(H,20,23)(H,21,24)/t11-,16+/m1/s1. The fourth-order valence-corrected chi connectivity index (χ4v) is 2.25. The second-order valence-corrected chi connectivity index (χ2v) is 5.43. The molecule has 0 saturated carbocycles. The number of nitriles is 1. The number of nitrogens with zero attached hydrogens (tertiary/aromatic N) is 1. The molecule has 25 heavy (non-hydrogen) atoms. The summed E-state index contributed by atoms with van der Waals surface area (Å²) in [6, 6.07) is 14.4. The number of benzene rings is 2. The van der Waals surface area contributed by atoms with Crippen LogP contribution in [0.15, 0.2) is 48.5 Å². The van der Waals surface area contributed by atoms with Crippen LogP contribution in [0.1, 0.15) is 22.8 Å². The van der Waals surface area contributed by atoms with Crippen molar-refractivity contribution in [3.63, 3.8) is 0 Å². The number of hydrogen-bond acceptors (Lipinski definition) is 5. The molecule has 0 bridgehead atoms. The van der Waals surface area contributed by atoms with Gasteiger partial charge in [0.1, 0.15) is 6.04 Å². The monoisotopic (exact) mass is 339 g/mol. The molecule has 0 fully saturated rings. The summed E-state index contributed by atoms with van der Waals surface area (Å²) in [7, 11) is 0. The molecule has 0 spiro atoms. The van der Waals surface area contributed by atoms with Gasteiger partial charge in [0.2, 0.25) is 0 Å². The Morgan fingerprint density at radius 2 is 1.56 bits per heavy atom. The molecule has 4 N–H and O–H groups in total. The van der Waals surface area contributed by atoms with Gasteiger partial charge in [-0.2, -0.15) is 5.26 Å². The van der Waals surface area contributed by atoms with Gasteiger partial charge >= 0.3 is 0 Å². The molecule has 7 heteroatoms. The lowest BCUT2D eigenvalue weighted by atomic mass is 10.0. The molecule has 0 aliphatic carbocycles. The summed E-state index contributed by atoms with van der Waals surface area (Å²) in [5.41, 5.74) is 4.03. The maximum Gasteiger partial charge on any atom is 0.268 e. The fraction of sp³-hybridized carbons (Fsp3) is 0.167. The zero-order chi connectivity index (χ0) is 18.4. The van der Waals surface area contributed by atoms with Gasteiger partial charge in [0.05, 0.1) is 17.7 Å². The maximum absolute atomic E-state index is 12.2. The maximum atomic E-state index is 12.2. The van der Waals surface area contributed by atoms with Gasteiger partial charge < -0.3 is 10.4 Å². The first-order valence-corrected chi connectivity index (χ1v) is 7.49. The number of rotatable bonds is 5. The molecule has 0 aliphatic rings. The normalized spacial score (nSPS) is 12.6. The van der Waals surface area contributed by atoms with Crippen LogP contribution < -0.4 is 10.8 Å². The van der Waals surface area contributed by atoms with Gasteiger partial charge in [-0.25, -0.2) is 5.48 Å². The van der Waals surface area contributed by atoms with E-state index in [4.69, 9.17) is 10.5 Å². The number of carbonyl (C=O) groups is 2. The molecule has 128 valence electrons. The van der Waals surface area contributed by atoms with Gasteiger partial charge in [-0.15, -0.1) is 0 Å². The lowest BCUT2D eigenvalue weighted by Gasteiger charge is -2.19. The van der Waals surface area contributed by atoms with Crippen molar-refractivity contribution in [1.29, 1.82) is 5.26 Å². The van der Waals surface area contributed by atoms with Crippen LogP contribution in [-0.2, 0) is 4.79 Å². The lowest BCUT2D eigenvalue weighted by Crippen LogP contribution is -2.51. The molecule has 0 heterocycles. The highest BCUT2D eigenvalue weighted by Crippen LogP contribution is 2.20. The highest BCUT2D eigenvalue weighted by atomic mass is 16.5. The first-order valence-electron chi connectivity index (χ1n) is 7.49. The van der Waals surface area contributed by atoms with E-state index in [1.165, 1.54) is 12.4 Å². The zero-order valence-electron chi connectivity index (χ0n) is 13.4. The quantitative estimate of drug-likeness (QED) is 0.482. The minimum atomic E-state index is -1.27. The van der Waals surface area contributed by atoms with E-state index in [1.54, 1.807) is 36.4 Å². The number of carbonyl (C=O) groups excluding carboxylic acids is 2. The molecule has 0 aromatic heterocycles. The summed E-state index contributed by atoms with van der Waals surface area (Å²) in [6.07, 6.45) is -1.17. The summed E-state index contributed by atoms with van der Waals surface area (Å²) in [6.45, 7) is 1.33. The van der Waals surface area contributed by atoms with Crippen LogP contribution in [0.2, 0.25) is 0 Å². The predicted octanol–water partition coefficient (Wildman–Crippen LogP) is 1.21. The number of aliphatic hydroxyl groups excluding tert-OH is 1. The molecular formula is C18H17N3O4. The predicted molar refractivity (Wildman–Crippen MR) is 89.5 cm³/mol. The van der Waals surface area contributed by atoms with Gasteiger partial charge in [0, 0.05) is 5.56 Å². The molecule has 2 atom stereocenters. The Labute approximate surface area is 144 Å². The summed E-state index contributed by atoms with van der Waals surface area (Å²) in [5, 5.41) is 29.4. The average Bonchev–Trinajstić information content (AvgIpc) is 2.65. The highest BCUT2D eigenvalue weighted by molar-refractivity contribution is 5.97. The Hall–Kier alpha value is -3.21. The van der Waals surface area contributed by atoms with Crippen LogP contribution in [0.4, 0.5) is 0 Å². The van der Waals surface area contributed by atoms with E-state index in [1.807, 2.05) is 18.2 Å². The van der Waals surface area contributed by atoms with Crippen molar-refractivity contribution < 1.29 is 19.9 Å². The molecule has 2 aromatic carbocycles. The van der Waals surface area contributed by atoms with E-state index in [2.05, 4.69) is 5.32 Å². The number of hydroxylamine groups is 1. The van der Waals surface area contributed by atoms with Crippen molar-refractivity contribution in [3.05, 3.63) is 59.7 Å². The SMILES string of the molecule is C[C@@H](O)[C@H](NC(=O)c1ccc(-c2ccc(C#N)cc2)cc1)C(=O)NO. The molecule has 0 radical (unpaired) electrons. The van der Waals surface area contributed by atoms with E-state index in [0.717, 1.165) is 11.1 Å². The van der Waals surface area contributed by atoms with E-state index in [0.29, 0.717) is 11.1 Å². The molecule has 7 nitrogen and oxygen atoms in total. The van der Waals surface area contributed by atoms with Gasteiger partial charge in [-0.1, -0.05) is 24.3 Å². The molecule has 0 aliphatic heterocycles. The molecule has 0 unspecified atom stereocenters. The van der Waals surface area contributed by atoms with Crippen molar-refractivity contribution in [1.82, 2.24) is 10.8 Å².